The third-order valence-corrected chi connectivity index (χ3v) is 4.70. The Hall–Kier alpha value is -2.54. The summed E-state index contributed by atoms with van der Waals surface area (Å²) in [6.45, 7) is 2.74. The van der Waals surface area contributed by atoms with Crippen LogP contribution in [0.1, 0.15) is 25.0 Å². The van der Waals surface area contributed by atoms with E-state index in [0.717, 1.165) is 12.1 Å². The van der Waals surface area contributed by atoms with Crippen LogP contribution < -0.4 is 5.56 Å². The fraction of sp³-hybridized carbons (Fsp3) is 0.250. The SMILES string of the molecule is C[C@@H]1CCn2c1cc(-c1c(-n3cnnn3)ccc(Cl)c1F)cc2=O. The molecule has 8 heteroatoms. The highest BCUT2D eigenvalue weighted by molar-refractivity contribution is 6.31. The van der Waals surface area contributed by atoms with Crippen molar-refractivity contribution in [3.63, 3.8) is 0 Å². The number of aromatic nitrogens is 5. The molecule has 0 saturated carbocycles. The lowest BCUT2D eigenvalue weighted by molar-refractivity contribution is 0.628. The van der Waals surface area contributed by atoms with E-state index in [4.69, 9.17) is 11.6 Å². The second-order valence-corrected chi connectivity index (χ2v) is 6.27. The molecule has 0 radical (unpaired) electrons. The highest BCUT2D eigenvalue weighted by Crippen LogP contribution is 2.35. The van der Waals surface area contributed by atoms with Crippen LogP contribution in [0.15, 0.2) is 35.4 Å². The molecule has 0 aliphatic carbocycles. The van der Waals surface area contributed by atoms with E-state index in [9.17, 15) is 9.18 Å². The molecular formula is C16H13ClFN5O. The Balaban J connectivity index is 2.01. The first-order valence-electron chi connectivity index (χ1n) is 7.53. The maximum atomic E-state index is 14.8. The van der Waals surface area contributed by atoms with Gasteiger partial charge < -0.3 is 4.57 Å². The Bertz CT molecular complexity index is 983. The van der Waals surface area contributed by atoms with E-state index < -0.39 is 5.82 Å². The summed E-state index contributed by atoms with van der Waals surface area (Å²) in [6.07, 6.45) is 2.27. The zero-order chi connectivity index (χ0) is 16.8. The summed E-state index contributed by atoms with van der Waals surface area (Å²) in [5.74, 6) is -0.351. The first kappa shape index (κ1) is 15.0. The Labute approximate surface area is 141 Å². The predicted octanol–water partition coefficient (Wildman–Crippen LogP) is 2.79. The molecule has 3 heterocycles. The molecule has 3 aromatic rings. The molecule has 1 aromatic carbocycles. The number of pyridine rings is 1. The van der Waals surface area contributed by atoms with E-state index in [2.05, 4.69) is 22.4 Å². The minimum atomic E-state index is -0.598. The summed E-state index contributed by atoms with van der Waals surface area (Å²) in [5, 5.41) is 11.0. The van der Waals surface area contributed by atoms with Crippen LogP contribution >= 0.6 is 11.6 Å². The van der Waals surface area contributed by atoms with E-state index in [0.29, 0.717) is 17.8 Å². The van der Waals surface area contributed by atoms with Gasteiger partial charge in [0.2, 0.25) is 0 Å². The van der Waals surface area contributed by atoms with Gasteiger partial charge in [-0.3, -0.25) is 4.79 Å². The quantitative estimate of drug-likeness (QED) is 0.716. The molecule has 1 aliphatic heterocycles. The molecule has 1 atom stereocenters. The molecule has 4 rings (SSSR count). The number of halogens is 2. The standard InChI is InChI=1S/C16H13ClFN5O/c1-9-4-5-22-13(9)6-10(7-14(22)24)15-12(23-8-19-20-21-23)3-2-11(17)16(15)18/h2-3,6-9H,4-5H2,1H3/t9-/m1/s1. The Morgan fingerprint density at radius 2 is 2.17 bits per heavy atom. The fourth-order valence-corrected chi connectivity index (χ4v) is 3.31. The van der Waals surface area contributed by atoms with Crippen molar-refractivity contribution < 1.29 is 4.39 Å². The molecule has 1 aliphatic rings. The van der Waals surface area contributed by atoms with Crippen LogP contribution in [0.25, 0.3) is 16.8 Å². The van der Waals surface area contributed by atoms with Crippen molar-refractivity contribution >= 4 is 11.6 Å². The highest BCUT2D eigenvalue weighted by atomic mass is 35.5. The molecule has 0 saturated heterocycles. The number of fused-ring (bicyclic) bond motifs is 1. The van der Waals surface area contributed by atoms with Gasteiger partial charge >= 0.3 is 0 Å². The minimum absolute atomic E-state index is 0.0181. The van der Waals surface area contributed by atoms with E-state index in [1.807, 2.05) is 6.07 Å². The van der Waals surface area contributed by atoms with Crippen molar-refractivity contribution in [1.82, 2.24) is 24.8 Å². The van der Waals surface area contributed by atoms with Crippen molar-refractivity contribution in [3.8, 4) is 16.8 Å². The van der Waals surface area contributed by atoms with Crippen molar-refractivity contribution in [3.05, 3.63) is 57.5 Å². The first-order valence-corrected chi connectivity index (χ1v) is 7.90. The van der Waals surface area contributed by atoms with Crippen LogP contribution in [0.4, 0.5) is 4.39 Å². The summed E-state index contributed by atoms with van der Waals surface area (Å²) >= 11 is 5.96. The van der Waals surface area contributed by atoms with Gasteiger partial charge in [0.05, 0.1) is 10.7 Å². The lowest BCUT2D eigenvalue weighted by Gasteiger charge is -2.14. The van der Waals surface area contributed by atoms with Gasteiger partial charge in [0.15, 0.2) is 5.82 Å². The normalized spacial score (nSPS) is 16.4. The topological polar surface area (TPSA) is 65.6 Å². The van der Waals surface area contributed by atoms with Crippen LogP contribution in [0.5, 0.6) is 0 Å². The van der Waals surface area contributed by atoms with Crippen LogP contribution in [-0.4, -0.2) is 24.8 Å². The number of nitrogens with zero attached hydrogens (tertiary/aromatic N) is 5. The second kappa shape index (κ2) is 5.52. The molecule has 0 fully saturated rings. The van der Waals surface area contributed by atoms with Crippen molar-refractivity contribution in [2.24, 2.45) is 0 Å². The summed E-state index contributed by atoms with van der Waals surface area (Å²) in [6, 6.07) is 6.36. The number of hydrogen-bond acceptors (Lipinski definition) is 4. The van der Waals surface area contributed by atoms with E-state index >= 15 is 0 Å². The lowest BCUT2D eigenvalue weighted by Crippen LogP contribution is -2.19. The molecule has 0 amide bonds. The van der Waals surface area contributed by atoms with E-state index in [-0.39, 0.29) is 22.1 Å². The summed E-state index contributed by atoms with van der Waals surface area (Å²) in [5.41, 5.74) is 1.88. The maximum absolute atomic E-state index is 14.8. The number of rotatable bonds is 2. The van der Waals surface area contributed by atoms with Crippen molar-refractivity contribution in [2.45, 2.75) is 25.8 Å². The first-order chi connectivity index (χ1) is 11.6. The second-order valence-electron chi connectivity index (χ2n) is 5.86. The Kier molecular flexibility index (Phi) is 3.45. The molecule has 24 heavy (non-hydrogen) atoms. The Morgan fingerprint density at radius 1 is 1.33 bits per heavy atom. The molecular weight excluding hydrogens is 333 g/mol. The highest BCUT2D eigenvalue weighted by Gasteiger charge is 2.23. The maximum Gasteiger partial charge on any atom is 0.251 e. The van der Waals surface area contributed by atoms with E-state index in [1.54, 1.807) is 10.6 Å². The van der Waals surface area contributed by atoms with Gasteiger partial charge in [-0.05, 0) is 46.5 Å². The van der Waals surface area contributed by atoms with Gasteiger partial charge in [-0.2, -0.15) is 4.68 Å². The third-order valence-electron chi connectivity index (χ3n) is 4.41. The van der Waals surface area contributed by atoms with Gasteiger partial charge in [0.1, 0.15) is 6.33 Å². The monoisotopic (exact) mass is 345 g/mol. The summed E-state index contributed by atoms with van der Waals surface area (Å²) in [7, 11) is 0. The van der Waals surface area contributed by atoms with E-state index in [1.165, 1.54) is 23.1 Å². The largest absolute Gasteiger partial charge is 0.312 e. The van der Waals surface area contributed by atoms with Gasteiger partial charge in [-0.25, -0.2) is 4.39 Å². The predicted molar refractivity (Wildman–Crippen MR) is 86.9 cm³/mol. The zero-order valence-electron chi connectivity index (χ0n) is 12.8. The van der Waals surface area contributed by atoms with Gasteiger partial charge in [-0.1, -0.05) is 18.5 Å². The van der Waals surface area contributed by atoms with Crippen LogP contribution in [0.2, 0.25) is 5.02 Å². The number of benzene rings is 1. The fourth-order valence-electron chi connectivity index (χ4n) is 3.16. The average Bonchev–Trinajstić information content (AvgIpc) is 3.21. The molecule has 0 unspecified atom stereocenters. The molecule has 122 valence electrons. The van der Waals surface area contributed by atoms with Crippen molar-refractivity contribution in [1.29, 1.82) is 0 Å². The molecule has 6 nitrogen and oxygen atoms in total. The Morgan fingerprint density at radius 3 is 2.92 bits per heavy atom. The van der Waals surface area contributed by atoms with Crippen LogP contribution in [0, 0.1) is 5.82 Å². The lowest BCUT2D eigenvalue weighted by atomic mass is 10.00. The van der Waals surface area contributed by atoms with Gasteiger partial charge in [-0.15, -0.1) is 5.10 Å². The van der Waals surface area contributed by atoms with Gasteiger partial charge in [0, 0.05) is 23.9 Å². The number of hydrogen-bond donors (Lipinski definition) is 0. The summed E-state index contributed by atoms with van der Waals surface area (Å²) in [4.78, 5) is 12.4. The van der Waals surface area contributed by atoms with Crippen LogP contribution in [0.3, 0.4) is 0 Å². The smallest absolute Gasteiger partial charge is 0.251 e. The van der Waals surface area contributed by atoms with Gasteiger partial charge in [0.25, 0.3) is 5.56 Å². The average molecular weight is 346 g/mol. The minimum Gasteiger partial charge on any atom is -0.312 e. The van der Waals surface area contributed by atoms with Crippen molar-refractivity contribution in [2.75, 3.05) is 0 Å². The molecule has 0 N–H and O–H groups in total. The van der Waals surface area contributed by atoms with Crippen LogP contribution in [-0.2, 0) is 6.54 Å². The molecule has 0 spiro atoms. The molecule has 2 aromatic heterocycles. The zero-order valence-corrected chi connectivity index (χ0v) is 13.5. The summed E-state index contributed by atoms with van der Waals surface area (Å²) < 4.78 is 17.9. The number of tetrazole rings is 1. The molecule has 0 bridgehead atoms. The third kappa shape index (κ3) is 2.24.